The molecule has 1 aromatic carbocycles. The molecular formula is C13H17NO3. The molecule has 1 aliphatic rings. The summed E-state index contributed by atoms with van der Waals surface area (Å²) in [5, 5.41) is 21.6. The molecule has 1 aromatic rings. The van der Waals surface area contributed by atoms with E-state index in [1.807, 2.05) is 6.07 Å². The molecule has 3 N–H and O–H groups in total. The summed E-state index contributed by atoms with van der Waals surface area (Å²) in [7, 11) is 0. The molecule has 4 heteroatoms. The molecule has 0 saturated heterocycles. The number of nitrogens with one attached hydrogen (secondary N) is 1. The van der Waals surface area contributed by atoms with Crippen molar-refractivity contribution in [2.24, 2.45) is 5.92 Å². The Morgan fingerprint density at radius 2 is 2.24 bits per heavy atom. The predicted octanol–water partition coefficient (Wildman–Crippen LogP) is 1.25. The summed E-state index contributed by atoms with van der Waals surface area (Å²) in [4.78, 5) is 10.8. The summed E-state index contributed by atoms with van der Waals surface area (Å²) in [6, 6.07) is 6.84. The fourth-order valence-electron chi connectivity index (χ4n) is 1.83. The summed E-state index contributed by atoms with van der Waals surface area (Å²) in [5.41, 5.74) is 1.22. The molecule has 1 unspecified atom stereocenters. The number of carboxylic acid groups (broad SMARTS) is 1. The summed E-state index contributed by atoms with van der Waals surface area (Å²) >= 11 is 0. The standard InChI is InChI=1S/C13H17NO3/c15-12(10-4-5-10)8-14-7-9-2-1-3-11(6-9)13(16)17/h1-3,6,10,12,14-15H,4-5,7-8H2,(H,16,17). The van der Waals surface area contributed by atoms with E-state index in [0.29, 0.717) is 24.6 Å². The van der Waals surface area contributed by atoms with Crippen molar-refractivity contribution in [1.29, 1.82) is 0 Å². The quantitative estimate of drug-likeness (QED) is 0.694. The minimum absolute atomic E-state index is 0.266. The van der Waals surface area contributed by atoms with Gasteiger partial charge in [0.05, 0.1) is 11.7 Å². The van der Waals surface area contributed by atoms with E-state index in [1.54, 1.807) is 18.2 Å². The lowest BCUT2D eigenvalue weighted by atomic mass is 10.1. The van der Waals surface area contributed by atoms with Gasteiger partial charge in [0.25, 0.3) is 0 Å². The van der Waals surface area contributed by atoms with Crippen LogP contribution in [0.2, 0.25) is 0 Å². The number of hydrogen-bond donors (Lipinski definition) is 3. The van der Waals surface area contributed by atoms with Crippen LogP contribution in [0.4, 0.5) is 0 Å². The summed E-state index contributed by atoms with van der Waals surface area (Å²) in [5.74, 6) is -0.447. The van der Waals surface area contributed by atoms with Gasteiger partial charge in [-0.1, -0.05) is 12.1 Å². The fourth-order valence-corrected chi connectivity index (χ4v) is 1.83. The van der Waals surface area contributed by atoms with Gasteiger partial charge < -0.3 is 15.5 Å². The molecule has 0 heterocycles. The van der Waals surface area contributed by atoms with Crippen molar-refractivity contribution in [2.75, 3.05) is 6.54 Å². The smallest absolute Gasteiger partial charge is 0.335 e. The Hall–Kier alpha value is -1.39. The third kappa shape index (κ3) is 3.54. The van der Waals surface area contributed by atoms with Crippen molar-refractivity contribution in [3.63, 3.8) is 0 Å². The molecule has 0 aromatic heterocycles. The molecule has 1 saturated carbocycles. The van der Waals surface area contributed by atoms with Gasteiger partial charge >= 0.3 is 5.97 Å². The number of aliphatic hydroxyl groups excluding tert-OH is 1. The molecule has 0 bridgehead atoms. The van der Waals surface area contributed by atoms with Crippen LogP contribution in [0.5, 0.6) is 0 Å². The number of aliphatic hydroxyl groups is 1. The van der Waals surface area contributed by atoms with Crippen molar-refractivity contribution < 1.29 is 15.0 Å². The molecule has 0 spiro atoms. The number of hydrogen-bond acceptors (Lipinski definition) is 3. The zero-order valence-electron chi connectivity index (χ0n) is 9.60. The topological polar surface area (TPSA) is 69.6 Å². The maximum Gasteiger partial charge on any atom is 0.335 e. The lowest BCUT2D eigenvalue weighted by Gasteiger charge is -2.10. The van der Waals surface area contributed by atoms with Crippen molar-refractivity contribution in [3.05, 3.63) is 35.4 Å². The Kier molecular flexibility index (Phi) is 3.76. The predicted molar refractivity (Wildman–Crippen MR) is 63.8 cm³/mol. The first kappa shape index (κ1) is 12.1. The van der Waals surface area contributed by atoms with Crippen molar-refractivity contribution in [3.8, 4) is 0 Å². The van der Waals surface area contributed by atoms with Gasteiger partial charge in [0.15, 0.2) is 0 Å². The number of rotatable bonds is 6. The molecule has 0 aliphatic heterocycles. The van der Waals surface area contributed by atoms with E-state index in [0.717, 1.165) is 18.4 Å². The van der Waals surface area contributed by atoms with Crippen LogP contribution in [-0.4, -0.2) is 28.8 Å². The second-order valence-electron chi connectivity index (χ2n) is 4.54. The van der Waals surface area contributed by atoms with Crippen molar-refractivity contribution in [1.82, 2.24) is 5.32 Å². The molecule has 2 rings (SSSR count). The van der Waals surface area contributed by atoms with Crippen LogP contribution in [0.1, 0.15) is 28.8 Å². The normalized spacial score (nSPS) is 16.8. The Morgan fingerprint density at radius 1 is 1.47 bits per heavy atom. The van der Waals surface area contributed by atoms with Gasteiger partial charge in [-0.25, -0.2) is 4.79 Å². The minimum atomic E-state index is -0.912. The minimum Gasteiger partial charge on any atom is -0.478 e. The number of benzene rings is 1. The van der Waals surface area contributed by atoms with E-state index in [-0.39, 0.29) is 6.10 Å². The summed E-state index contributed by atoms with van der Waals surface area (Å²) < 4.78 is 0. The van der Waals surface area contributed by atoms with E-state index < -0.39 is 5.97 Å². The molecule has 0 amide bonds. The van der Waals surface area contributed by atoms with Gasteiger partial charge in [0.2, 0.25) is 0 Å². The highest BCUT2D eigenvalue weighted by Gasteiger charge is 2.28. The third-order valence-electron chi connectivity index (χ3n) is 3.02. The number of aromatic carboxylic acids is 1. The largest absolute Gasteiger partial charge is 0.478 e. The van der Waals surface area contributed by atoms with Crippen LogP contribution in [-0.2, 0) is 6.54 Å². The van der Waals surface area contributed by atoms with Crippen LogP contribution in [0.15, 0.2) is 24.3 Å². The van der Waals surface area contributed by atoms with Crippen LogP contribution in [0.25, 0.3) is 0 Å². The molecule has 1 aliphatic carbocycles. The SMILES string of the molecule is O=C(O)c1cccc(CNCC(O)C2CC2)c1. The van der Waals surface area contributed by atoms with Gasteiger partial charge in [-0.15, -0.1) is 0 Å². The van der Waals surface area contributed by atoms with Crippen LogP contribution < -0.4 is 5.32 Å². The monoisotopic (exact) mass is 235 g/mol. The molecule has 4 nitrogen and oxygen atoms in total. The molecule has 0 radical (unpaired) electrons. The first-order valence-corrected chi connectivity index (χ1v) is 5.88. The molecule has 92 valence electrons. The summed E-state index contributed by atoms with van der Waals surface area (Å²) in [6.07, 6.45) is 1.98. The fraction of sp³-hybridized carbons (Fsp3) is 0.462. The van der Waals surface area contributed by atoms with E-state index in [1.165, 1.54) is 0 Å². The van der Waals surface area contributed by atoms with Gasteiger partial charge in [-0.05, 0) is 36.5 Å². The van der Waals surface area contributed by atoms with E-state index in [9.17, 15) is 9.90 Å². The maximum absolute atomic E-state index is 10.8. The average molecular weight is 235 g/mol. The Morgan fingerprint density at radius 3 is 2.88 bits per heavy atom. The number of carbonyl (C=O) groups is 1. The maximum atomic E-state index is 10.8. The second-order valence-corrected chi connectivity index (χ2v) is 4.54. The van der Waals surface area contributed by atoms with Gasteiger partial charge in [-0.3, -0.25) is 0 Å². The van der Waals surface area contributed by atoms with E-state index in [2.05, 4.69) is 5.32 Å². The van der Waals surface area contributed by atoms with Crippen molar-refractivity contribution in [2.45, 2.75) is 25.5 Å². The first-order chi connectivity index (χ1) is 8.16. The van der Waals surface area contributed by atoms with Crippen LogP contribution in [0, 0.1) is 5.92 Å². The lowest BCUT2D eigenvalue weighted by Crippen LogP contribution is -2.27. The van der Waals surface area contributed by atoms with Gasteiger partial charge in [-0.2, -0.15) is 0 Å². The first-order valence-electron chi connectivity index (χ1n) is 5.88. The molecule has 17 heavy (non-hydrogen) atoms. The second kappa shape index (κ2) is 5.29. The van der Waals surface area contributed by atoms with Gasteiger partial charge in [0, 0.05) is 13.1 Å². The van der Waals surface area contributed by atoms with Crippen LogP contribution in [0.3, 0.4) is 0 Å². The Bertz CT molecular complexity index is 401. The van der Waals surface area contributed by atoms with E-state index >= 15 is 0 Å². The third-order valence-corrected chi connectivity index (χ3v) is 3.02. The Labute approximate surface area is 100 Å². The van der Waals surface area contributed by atoms with Gasteiger partial charge in [0.1, 0.15) is 0 Å². The Balaban J connectivity index is 1.81. The molecule has 1 fully saturated rings. The molecular weight excluding hydrogens is 218 g/mol. The lowest BCUT2D eigenvalue weighted by molar-refractivity contribution is 0.0696. The highest BCUT2D eigenvalue weighted by molar-refractivity contribution is 5.87. The highest BCUT2D eigenvalue weighted by Crippen LogP contribution is 2.32. The summed E-state index contributed by atoms with van der Waals surface area (Å²) in [6.45, 7) is 1.16. The van der Waals surface area contributed by atoms with Crippen LogP contribution >= 0.6 is 0 Å². The highest BCUT2D eigenvalue weighted by atomic mass is 16.4. The van der Waals surface area contributed by atoms with Crippen molar-refractivity contribution >= 4 is 5.97 Å². The van der Waals surface area contributed by atoms with E-state index in [4.69, 9.17) is 5.11 Å². The average Bonchev–Trinajstić information content (AvgIpc) is 3.13. The molecule has 1 atom stereocenters. The number of carboxylic acids is 1. The zero-order chi connectivity index (χ0) is 12.3. The zero-order valence-corrected chi connectivity index (χ0v) is 9.60.